The number of hydrogen-bond donors (Lipinski definition) is 4. The number of anilines is 2. The van der Waals surface area contributed by atoms with Crippen molar-refractivity contribution < 1.29 is 24.2 Å². The van der Waals surface area contributed by atoms with E-state index in [2.05, 4.69) is 93.2 Å². The van der Waals surface area contributed by atoms with Crippen molar-refractivity contribution in [3.05, 3.63) is 155 Å². The number of aliphatic hydroxyl groups is 1. The van der Waals surface area contributed by atoms with E-state index >= 15 is 0 Å². The monoisotopic (exact) mass is 781 g/mol. The molecular formula is C48H55N5O5. The number of amides is 2. The Hall–Kier alpha value is -5.36. The zero-order chi connectivity index (χ0) is 40.1. The van der Waals surface area contributed by atoms with Gasteiger partial charge in [-0.15, -0.1) is 0 Å². The molecular weight excluding hydrogens is 727 g/mol. The zero-order valence-corrected chi connectivity index (χ0v) is 33.1. The van der Waals surface area contributed by atoms with E-state index in [1.807, 2.05) is 42.5 Å². The van der Waals surface area contributed by atoms with Crippen molar-refractivity contribution in [2.24, 2.45) is 0 Å². The lowest BCUT2D eigenvalue weighted by Gasteiger charge is -2.41. The average Bonchev–Trinajstić information content (AvgIpc) is 3.26. The second-order valence-electron chi connectivity index (χ2n) is 15.4. The summed E-state index contributed by atoms with van der Waals surface area (Å²) in [7, 11) is 0. The number of benzene rings is 5. The van der Waals surface area contributed by atoms with Gasteiger partial charge >= 0.3 is 0 Å². The topological polar surface area (TPSA) is 129 Å². The smallest absolute Gasteiger partial charge is 0.224 e. The fourth-order valence-corrected chi connectivity index (χ4v) is 7.70. The maximum absolute atomic E-state index is 12.7. The molecule has 0 spiro atoms. The number of nitrogens with one attached hydrogen (secondary N) is 2. The first-order valence-corrected chi connectivity index (χ1v) is 20.5. The Bertz CT molecular complexity index is 2090. The number of nitrogens with zero attached hydrogens (tertiary/aromatic N) is 2. The first kappa shape index (κ1) is 40.8. The van der Waals surface area contributed by atoms with Gasteiger partial charge in [0.05, 0.1) is 30.2 Å². The van der Waals surface area contributed by atoms with Gasteiger partial charge in [0.2, 0.25) is 11.8 Å². The maximum atomic E-state index is 12.7. The van der Waals surface area contributed by atoms with Crippen LogP contribution in [0.15, 0.2) is 127 Å². The fourth-order valence-electron chi connectivity index (χ4n) is 7.70. The minimum absolute atomic E-state index is 0.00473. The minimum Gasteiger partial charge on any atom is -0.397 e. The number of hydrogen-bond acceptors (Lipinski definition) is 8. The molecule has 5 aromatic rings. The van der Waals surface area contributed by atoms with E-state index in [0.717, 1.165) is 79.1 Å². The van der Waals surface area contributed by atoms with Gasteiger partial charge < -0.3 is 30.9 Å². The van der Waals surface area contributed by atoms with E-state index in [1.165, 1.54) is 5.56 Å². The first-order valence-electron chi connectivity index (χ1n) is 20.5. The highest BCUT2D eigenvalue weighted by atomic mass is 16.7. The summed E-state index contributed by atoms with van der Waals surface area (Å²) in [4.78, 5) is 30.1. The summed E-state index contributed by atoms with van der Waals surface area (Å²) in [6.07, 6.45) is 1.91. The largest absolute Gasteiger partial charge is 0.397 e. The van der Waals surface area contributed by atoms with Crippen molar-refractivity contribution in [1.29, 1.82) is 0 Å². The van der Waals surface area contributed by atoms with Gasteiger partial charge in [-0.2, -0.15) is 0 Å². The molecule has 2 heterocycles. The van der Waals surface area contributed by atoms with Gasteiger partial charge in [-0.1, -0.05) is 103 Å². The Kier molecular flexibility index (Phi) is 14.3. The number of unbranched alkanes of at least 4 members (excludes halogenated alkanes) is 1. The molecule has 2 saturated heterocycles. The Balaban J connectivity index is 0.943. The molecule has 0 aliphatic carbocycles. The van der Waals surface area contributed by atoms with E-state index in [-0.39, 0.29) is 30.6 Å². The van der Waals surface area contributed by atoms with Crippen LogP contribution in [0.5, 0.6) is 0 Å². The lowest BCUT2D eigenvalue weighted by atomic mass is 9.98. The molecule has 5 N–H and O–H groups in total. The van der Waals surface area contributed by atoms with Crippen molar-refractivity contribution in [3.8, 4) is 11.1 Å². The number of ether oxygens (including phenoxy) is 2. The minimum atomic E-state index is -0.550. The van der Waals surface area contributed by atoms with E-state index < -0.39 is 6.29 Å². The summed E-state index contributed by atoms with van der Waals surface area (Å²) in [6.45, 7) is 6.24. The summed E-state index contributed by atoms with van der Waals surface area (Å²) in [5.74, 6) is -0.158. The lowest BCUT2D eigenvalue weighted by Crippen LogP contribution is -2.49. The molecule has 302 valence electrons. The Morgan fingerprint density at radius 1 is 0.672 bits per heavy atom. The van der Waals surface area contributed by atoms with Gasteiger partial charge in [-0.3, -0.25) is 19.4 Å². The third-order valence-corrected chi connectivity index (χ3v) is 11.0. The standard InChI is InChI=1S/C48H55N5O5/c49-43-16-4-5-17-44(43)51-47(56)19-7-6-18-46(55)50-31-37-12-8-13-39(28-37)40-14-9-15-41(29-40)48-57-42(30-45(58-48)38-22-20-36(34-54)21-23-38)33-53-26-24-52(25-27-53)32-35-10-2-1-3-11-35/h1-5,8-17,20-23,28-29,42,45,48,54H,6-7,18-19,24-27,30-34,49H2,(H,50,55)(H,51,56). The van der Waals surface area contributed by atoms with Gasteiger partial charge in [0, 0.05) is 70.6 Å². The maximum Gasteiger partial charge on any atom is 0.224 e. The quantitative estimate of drug-likeness (QED) is 0.0595. The number of carbonyl (C=O) groups excluding carboxylic acids is 2. The number of para-hydroxylation sites is 2. The van der Waals surface area contributed by atoms with Crippen LogP contribution >= 0.6 is 0 Å². The van der Waals surface area contributed by atoms with Crippen molar-refractivity contribution >= 4 is 23.2 Å². The highest BCUT2D eigenvalue weighted by molar-refractivity contribution is 5.93. The third kappa shape index (κ3) is 11.6. The molecule has 7 rings (SSSR count). The SMILES string of the molecule is Nc1ccccc1NC(=O)CCCCC(=O)NCc1cccc(-c2cccc(C3OC(CN4CCN(Cc5ccccc5)CC4)CC(c4ccc(CO)cc4)O3)c2)c1. The van der Waals surface area contributed by atoms with E-state index in [1.54, 1.807) is 12.1 Å². The molecule has 2 aliphatic rings. The van der Waals surface area contributed by atoms with Gasteiger partial charge in [0.1, 0.15) is 0 Å². The molecule has 0 aromatic heterocycles. The molecule has 58 heavy (non-hydrogen) atoms. The first-order chi connectivity index (χ1) is 28.4. The Labute approximate surface area is 342 Å². The van der Waals surface area contributed by atoms with Gasteiger partial charge in [0.15, 0.2) is 6.29 Å². The van der Waals surface area contributed by atoms with Crippen molar-refractivity contribution in [1.82, 2.24) is 15.1 Å². The summed E-state index contributed by atoms with van der Waals surface area (Å²) < 4.78 is 13.5. The second-order valence-corrected chi connectivity index (χ2v) is 15.4. The third-order valence-electron chi connectivity index (χ3n) is 11.0. The van der Waals surface area contributed by atoms with Crippen LogP contribution in [-0.4, -0.2) is 65.5 Å². The number of piperazine rings is 1. The fraction of sp³-hybridized carbons (Fsp3) is 0.333. The van der Waals surface area contributed by atoms with Crippen LogP contribution in [0, 0.1) is 0 Å². The number of aliphatic hydroxyl groups excluding tert-OH is 1. The zero-order valence-electron chi connectivity index (χ0n) is 33.1. The molecule has 0 bridgehead atoms. The molecule has 5 aromatic carbocycles. The Morgan fingerprint density at radius 3 is 2.10 bits per heavy atom. The highest BCUT2D eigenvalue weighted by Gasteiger charge is 2.34. The van der Waals surface area contributed by atoms with Crippen LogP contribution in [0.4, 0.5) is 11.4 Å². The lowest BCUT2D eigenvalue weighted by molar-refractivity contribution is -0.253. The van der Waals surface area contributed by atoms with Crippen LogP contribution in [0.1, 0.15) is 72.3 Å². The number of carbonyl (C=O) groups is 2. The molecule has 10 heteroatoms. The molecule has 2 amide bonds. The van der Waals surface area contributed by atoms with E-state index in [0.29, 0.717) is 43.6 Å². The molecule has 2 aliphatic heterocycles. The highest BCUT2D eigenvalue weighted by Crippen LogP contribution is 2.39. The van der Waals surface area contributed by atoms with Crippen molar-refractivity contribution in [3.63, 3.8) is 0 Å². The van der Waals surface area contributed by atoms with Crippen LogP contribution in [-0.2, 0) is 38.8 Å². The molecule has 2 fully saturated rings. The average molecular weight is 782 g/mol. The van der Waals surface area contributed by atoms with E-state index in [9.17, 15) is 14.7 Å². The molecule has 10 nitrogen and oxygen atoms in total. The van der Waals surface area contributed by atoms with E-state index in [4.69, 9.17) is 15.2 Å². The van der Waals surface area contributed by atoms with Crippen LogP contribution < -0.4 is 16.4 Å². The van der Waals surface area contributed by atoms with Crippen molar-refractivity contribution in [2.75, 3.05) is 43.8 Å². The predicted molar refractivity (Wildman–Crippen MR) is 228 cm³/mol. The molecule has 3 unspecified atom stereocenters. The van der Waals surface area contributed by atoms with Gasteiger partial charge in [-0.25, -0.2) is 0 Å². The van der Waals surface area contributed by atoms with Gasteiger partial charge in [-0.05, 0) is 70.5 Å². The predicted octanol–water partition coefficient (Wildman–Crippen LogP) is 7.61. The number of rotatable bonds is 16. The number of nitrogen functional groups attached to an aromatic ring is 1. The summed E-state index contributed by atoms with van der Waals surface area (Å²) in [6, 6.07) is 42.4. The molecule has 3 atom stereocenters. The number of nitrogens with two attached hydrogens (primary N) is 1. The van der Waals surface area contributed by atoms with Crippen LogP contribution in [0.25, 0.3) is 11.1 Å². The summed E-state index contributed by atoms with van der Waals surface area (Å²) >= 11 is 0. The van der Waals surface area contributed by atoms with Crippen LogP contribution in [0.2, 0.25) is 0 Å². The summed E-state index contributed by atoms with van der Waals surface area (Å²) in [5, 5.41) is 15.5. The van der Waals surface area contributed by atoms with Crippen molar-refractivity contribution in [2.45, 2.75) is 70.3 Å². The normalized spacial score (nSPS) is 18.7. The van der Waals surface area contributed by atoms with Crippen LogP contribution in [0.3, 0.4) is 0 Å². The summed E-state index contributed by atoms with van der Waals surface area (Å²) in [5.41, 5.74) is 14.4. The molecule has 0 radical (unpaired) electrons. The Morgan fingerprint density at radius 2 is 1.34 bits per heavy atom. The second kappa shape index (κ2) is 20.4. The van der Waals surface area contributed by atoms with Gasteiger partial charge in [0.25, 0.3) is 0 Å². The molecule has 0 saturated carbocycles.